The van der Waals surface area contributed by atoms with Crippen LogP contribution in [-0.2, 0) is 6.54 Å². The van der Waals surface area contributed by atoms with Crippen molar-refractivity contribution < 1.29 is 4.92 Å². The normalized spacial score (nSPS) is 10.5. The summed E-state index contributed by atoms with van der Waals surface area (Å²) in [7, 11) is 0. The second-order valence-electron chi connectivity index (χ2n) is 7.01. The van der Waals surface area contributed by atoms with E-state index in [4.69, 9.17) is 5.26 Å². The average Bonchev–Trinajstić information content (AvgIpc) is 3.27. The summed E-state index contributed by atoms with van der Waals surface area (Å²) in [5, 5.41) is 30.5. The smallest absolute Gasteiger partial charge is 0.270 e. The lowest BCUT2D eigenvalue weighted by molar-refractivity contribution is -0.384. The van der Waals surface area contributed by atoms with Crippen molar-refractivity contribution in [3.8, 4) is 28.5 Å². The van der Waals surface area contributed by atoms with Crippen LogP contribution < -0.4 is 5.32 Å². The number of nitrogens with one attached hydrogen (secondary N) is 2. The van der Waals surface area contributed by atoms with Crippen LogP contribution in [0.25, 0.3) is 22.4 Å². The molecule has 0 aliphatic heterocycles. The average molecular weight is 410 g/mol. The first-order valence-electron chi connectivity index (χ1n) is 9.53. The van der Waals surface area contributed by atoms with E-state index < -0.39 is 4.92 Å². The summed E-state index contributed by atoms with van der Waals surface area (Å²) in [4.78, 5) is 14.9. The summed E-state index contributed by atoms with van der Waals surface area (Å²) >= 11 is 0. The van der Waals surface area contributed by atoms with Crippen LogP contribution in [0.1, 0.15) is 16.8 Å². The molecule has 0 radical (unpaired) electrons. The quantitative estimate of drug-likeness (QED) is 0.347. The summed E-state index contributed by atoms with van der Waals surface area (Å²) in [5.41, 5.74) is 5.85. The molecule has 8 nitrogen and oxygen atoms in total. The summed E-state index contributed by atoms with van der Waals surface area (Å²) in [6.07, 6.45) is 1.73. The molecule has 0 unspecified atom stereocenters. The number of anilines is 1. The van der Waals surface area contributed by atoms with Crippen molar-refractivity contribution in [3.05, 3.63) is 93.8 Å². The molecule has 8 heteroatoms. The van der Waals surface area contributed by atoms with E-state index in [0.717, 1.165) is 22.4 Å². The van der Waals surface area contributed by atoms with E-state index in [9.17, 15) is 10.1 Å². The predicted octanol–water partition coefficient (Wildman–Crippen LogP) is 4.84. The Balaban J connectivity index is 1.48. The molecule has 0 fully saturated rings. The monoisotopic (exact) mass is 410 g/mol. The third-order valence-corrected chi connectivity index (χ3v) is 4.87. The van der Waals surface area contributed by atoms with Gasteiger partial charge in [-0.3, -0.25) is 15.2 Å². The van der Waals surface area contributed by atoms with E-state index in [1.807, 2.05) is 37.3 Å². The molecule has 2 aromatic heterocycles. The zero-order valence-electron chi connectivity index (χ0n) is 16.7. The number of benzene rings is 2. The van der Waals surface area contributed by atoms with Crippen molar-refractivity contribution >= 4 is 11.5 Å². The van der Waals surface area contributed by atoms with Gasteiger partial charge in [-0.2, -0.15) is 10.4 Å². The van der Waals surface area contributed by atoms with Gasteiger partial charge in [-0.1, -0.05) is 18.2 Å². The fraction of sp³-hybridized carbons (Fsp3) is 0.0870. The van der Waals surface area contributed by atoms with Crippen molar-refractivity contribution in [2.75, 3.05) is 5.32 Å². The molecule has 2 heterocycles. The minimum atomic E-state index is -0.424. The Bertz CT molecular complexity index is 1310. The number of nitro benzene ring substituents is 1. The van der Waals surface area contributed by atoms with Crippen molar-refractivity contribution in [2.24, 2.45) is 0 Å². The molecule has 0 spiro atoms. The number of nitriles is 1. The second kappa shape index (κ2) is 8.47. The summed E-state index contributed by atoms with van der Waals surface area (Å²) < 4.78 is 0. The molecule has 0 aliphatic carbocycles. The highest BCUT2D eigenvalue weighted by Gasteiger charge is 2.10. The molecule has 0 saturated carbocycles. The minimum absolute atomic E-state index is 0.0271. The van der Waals surface area contributed by atoms with Crippen LogP contribution in [0.2, 0.25) is 0 Å². The van der Waals surface area contributed by atoms with Gasteiger partial charge in [0.2, 0.25) is 0 Å². The molecule has 0 atom stereocenters. The molecule has 0 aliphatic rings. The van der Waals surface area contributed by atoms with Gasteiger partial charge in [0.05, 0.1) is 34.5 Å². The van der Waals surface area contributed by atoms with Crippen LogP contribution in [-0.4, -0.2) is 20.1 Å². The first-order valence-corrected chi connectivity index (χ1v) is 9.53. The van der Waals surface area contributed by atoms with Crippen molar-refractivity contribution in [3.63, 3.8) is 0 Å². The molecule has 152 valence electrons. The molecule has 2 N–H and O–H groups in total. The molecule has 0 amide bonds. The Hall–Kier alpha value is -4.51. The number of hydrogen-bond acceptors (Lipinski definition) is 6. The Morgan fingerprint density at radius 3 is 2.77 bits per heavy atom. The first-order chi connectivity index (χ1) is 15.0. The number of nitrogens with zero attached hydrogens (tertiary/aromatic N) is 4. The van der Waals surface area contributed by atoms with Gasteiger partial charge in [0, 0.05) is 23.9 Å². The standard InChI is InChI=1S/C23H18N6O2/c1-15-9-16(13-24)5-6-21(15)17-7-8-25-23(11-17)26-14-19-12-22(28-27-19)18-3-2-4-20(10-18)29(30)31/h2-12H,14H2,1H3,(H,25,26)(H,27,28). The topological polar surface area (TPSA) is 121 Å². The van der Waals surface area contributed by atoms with Crippen LogP contribution >= 0.6 is 0 Å². The number of rotatable bonds is 6. The number of H-pyrrole nitrogens is 1. The lowest BCUT2D eigenvalue weighted by Gasteiger charge is -2.09. The summed E-state index contributed by atoms with van der Waals surface area (Å²) in [5.74, 6) is 0.702. The summed E-state index contributed by atoms with van der Waals surface area (Å²) in [6, 6.07) is 19.9. The van der Waals surface area contributed by atoms with Crippen LogP contribution in [0.4, 0.5) is 11.5 Å². The van der Waals surface area contributed by atoms with Gasteiger partial charge >= 0.3 is 0 Å². The van der Waals surface area contributed by atoms with Crippen molar-refractivity contribution in [2.45, 2.75) is 13.5 Å². The highest BCUT2D eigenvalue weighted by atomic mass is 16.6. The number of aromatic nitrogens is 3. The fourth-order valence-electron chi connectivity index (χ4n) is 3.32. The van der Waals surface area contributed by atoms with Gasteiger partial charge in [-0.05, 0) is 53.9 Å². The van der Waals surface area contributed by atoms with Crippen molar-refractivity contribution in [1.82, 2.24) is 15.2 Å². The number of pyridine rings is 1. The Labute approximate surface area is 178 Å². The minimum Gasteiger partial charge on any atom is -0.364 e. The molecular formula is C23H18N6O2. The van der Waals surface area contributed by atoms with E-state index in [-0.39, 0.29) is 5.69 Å². The Morgan fingerprint density at radius 2 is 2.00 bits per heavy atom. The maximum Gasteiger partial charge on any atom is 0.270 e. The lowest BCUT2D eigenvalue weighted by Crippen LogP contribution is -2.01. The van der Waals surface area contributed by atoms with Gasteiger partial charge in [0.15, 0.2) is 0 Å². The Kier molecular flexibility index (Phi) is 5.41. The van der Waals surface area contributed by atoms with E-state index in [0.29, 0.717) is 29.2 Å². The highest BCUT2D eigenvalue weighted by molar-refractivity contribution is 5.70. The Morgan fingerprint density at radius 1 is 1.13 bits per heavy atom. The van der Waals surface area contributed by atoms with Gasteiger partial charge < -0.3 is 5.32 Å². The molecular weight excluding hydrogens is 392 g/mol. The van der Waals surface area contributed by atoms with Gasteiger partial charge in [-0.15, -0.1) is 0 Å². The fourth-order valence-corrected chi connectivity index (χ4v) is 3.32. The van der Waals surface area contributed by atoms with E-state index in [1.165, 1.54) is 12.1 Å². The zero-order chi connectivity index (χ0) is 21.8. The molecule has 2 aromatic carbocycles. The maximum atomic E-state index is 11.0. The van der Waals surface area contributed by atoms with Gasteiger partial charge in [-0.25, -0.2) is 4.98 Å². The predicted molar refractivity (Wildman–Crippen MR) is 117 cm³/mol. The third kappa shape index (κ3) is 4.41. The highest BCUT2D eigenvalue weighted by Crippen LogP contribution is 2.26. The first kappa shape index (κ1) is 19.8. The zero-order valence-corrected chi connectivity index (χ0v) is 16.7. The van der Waals surface area contributed by atoms with Crippen LogP contribution in [0.3, 0.4) is 0 Å². The number of aromatic amines is 1. The SMILES string of the molecule is Cc1cc(C#N)ccc1-c1ccnc(NCc2cc(-c3cccc([N+](=O)[O-])c3)n[nH]2)c1. The van der Waals surface area contributed by atoms with Crippen LogP contribution in [0.5, 0.6) is 0 Å². The van der Waals surface area contributed by atoms with E-state index in [1.54, 1.807) is 24.4 Å². The molecule has 0 saturated heterocycles. The number of aryl methyl sites for hydroxylation is 1. The summed E-state index contributed by atoms with van der Waals surface area (Å²) in [6.45, 7) is 2.44. The van der Waals surface area contributed by atoms with Crippen LogP contribution in [0, 0.1) is 28.4 Å². The van der Waals surface area contributed by atoms with E-state index in [2.05, 4.69) is 26.6 Å². The molecule has 31 heavy (non-hydrogen) atoms. The largest absolute Gasteiger partial charge is 0.364 e. The van der Waals surface area contributed by atoms with Gasteiger partial charge in [0.25, 0.3) is 5.69 Å². The number of nitro groups is 1. The van der Waals surface area contributed by atoms with Crippen molar-refractivity contribution in [1.29, 1.82) is 5.26 Å². The molecule has 4 aromatic rings. The maximum absolute atomic E-state index is 11.0. The van der Waals surface area contributed by atoms with E-state index >= 15 is 0 Å². The number of hydrogen-bond donors (Lipinski definition) is 2. The third-order valence-electron chi connectivity index (χ3n) is 4.87. The molecule has 0 bridgehead atoms. The lowest BCUT2D eigenvalue weighted by atomic mass is 9.99. The molecule has 4 rings (SSSR count). The van der Waals surface area contributed by atoms with Crippen LogP contribution in [0.15, 0.2) is 66.9 Å². The van der Waals surface area contributed by atoms with Gasteiger partial charge in [0.1, 0.15) is 5.82 Å². The number of non-ortho nitro benzene ring substituents is 1. The second-order valence-corrected chi connectivity index (χ2v) is 7.01.